The van der Waals surface area contributed by atoms with Crippen molar-refractivity contribution in [2.45, 2.75) is 56.5 Å². The highest BCUT2D eigenvalue weighted by Gasteiger charge is 2.51. The average molecular weight is 425 g/mol. The second-order valence-corrected chi connectivity index (χ2v) is 10.9. The van der Waals surface area contributed by atoms with Crippen LogP contribution in [0.2, 0.25) is 0 Å². The zero-order valence-electron chi connectivity index (χ0n) is 17.8. The van der Waals surface area contributed by atoms with Crippen molar-refractivity contribution in [3.8, 4) is 0 Å². The summed E-state index contributed by atoms with van der Waals surface area (Å²) in [5.41, 5.74) is 1.71. The average Bonchev–Trinajstić information content (AvgIpc) is 3.05. The van der Waals surface area contributed by atoms with Crippen LogP contribution in [0.1, 0.15) is 49.9 Å². The van der Waals surface area contributed by atoms with Gasteiger partial charge in [0.15, 0.2) is 5.16 Å². The van der Waals surface area contributed by atoms with Crippen molar-refractivity contribution in [3.05, 3.63) is 41.7 Å². The van der Waals surface area contributed by atoms with E-state index in [0.717, 1.165) is 41.6 Å². The fourth-order valence-corrected chi connectivity index (χ4v) is 7.40. The van der Waals surface area contributed by atoms with Crippen molar-refractivity contribution in [1.82, 2.24) is 20.1 Å². The minimum absolute atomic E-state index is 0.0570. The first-order valence-corrected chi connectivity index (χ1v) is 12.4. The van der Waals surface area contributed by atoms with Gasteiger partial charge in [0.2, 0.25) is 5.91 Å². The van der Waals surface area contributed by atoms with E-state index >= 15 is 0 Å². The summed E-state index contributed by atoms with van der Waals surface area (Å²) >= 11 is 1.49. The van der Waals surface area contributed by atoms with Gasteiger partial charge in [-0.1, -0.05) is 42.1 Å². The standard InChI is InChI=1S/C24H32N4OS/c1-28-21(15-24-12-18-9-19(13-24)11-20(10-18)14-24)26-27-23(28)30-16-22(29)25-8-7-17-5-3-2-4-6-17/h2-6,18-20H,7-16H2,1H3,(H,25,29). The largest absolute Gasteiger partial charge is 0.355 e. The number of aromatic nitrogens is 3. The summed E-state index contributed by atoms with van der Waals surface area (Å²) < 4.78 is 2.13. The van der Waals surface area contributed by atoms with Gasteiger partial charge in [-0.05, 0) is 73.7 Å². The number of carbonyl (C=O) groups excluding carboxylic acids is 1. The topological polar surface area (TPSA) is 59.8 Å². The van der Waals surface area contributed by atoms with Gasteiger partial charge >= 0.3 is 0 Å². The van der Waals surface area contributed by atoms with Gasteiger partial charge in [0.05, 0.1) is 5.75 Å². The maximum Gasteiger partial charge on any atom is 0.230 e. The smallest absolute Gasteiger partial charge is 0.230 e. The number of hydrogen-bond acceptors (Lipinski definition) is 4. The number of thioether (sulfide) groups is 1. The van der Waals surface area contributed by atoms with Crippen LogP contribution in [-0.2, 0) is 24.7 Å². The van der Waals surface area contributed by atoms with Crippen molar-refractivity contribution in [2.24, 2.45) is 30.2 Å². The molecule has 2 aromatic rings. The normalized spacial score (nSPS) is 29.3. The molecule has 1 heterocycles. The monoisotopic (exact) mass is 424 g/mol. The van der Waals surface area contributed by atoms with Crippen LogP contribution in [0, 0.1) is 23.2 Å². The molecule has 0 radical (unpaired) electrons. The minimum Gasteiger partial charge on any atom is -0.355 e. The molecule has 4 saturated carbocycles. The van der Waals surface area contributed by atoms with E-state index in [2.05, 4.69) is 39.3 Å². The summed E-state index contributed by atoms with van der Waals surface area (Å²) in [6, 6.07) is 10.2. The Morgan fingerprint density at radius 1 is 1.10 bits per heavy atom. The number of amides is 1. The van der Waals surface area contributed by atoms with E-state index in [9.17, 15) is 4.79 Å². The lowest BCUT2D eigenvalue weighted by molar-refractivity contribution is -0.118. The molecule has 4 aliphatic carbocycles. The van der Waals surface area contributed by atoms with Crippen LogP contribution in [0.25, 0.3) is 0 Å². The van der Waals surface area contributed by atoms with Gasteiger partial charge in [-0.2, -0.15) is 0 Å². The van der Waals surface area contributed by atoms with E-state index in [1.54, 1.807) is 0 Å². The highest BCUT2D eigenvalue weighted by Crippen LogP contribution is 2.60. The molecule has 30 heavy (non-hydrogen) atoms. The first-order chi connectivity index (χ1) is 14.6. The number of hydrogen-bond donors (Lipinski definition) is 1. The van der Waals surface area contributed by atoms with Crippen molar-refractivity contribution in [1.29, 1.82) is 0 Å². The van der Waals surface area contributed by atoms with Crippen LogP contribution in [0.5, 0.6) is 0 Å². The predicted octanol–water partition coefficient (Wildman–Crippen LogP) is 4.03. The molecule has 1 aromatic carbocycles. The Kier molecular flexibility index (Phi) is 5.61. The molecule has 4 fully saturated rings. The Bertz CT molecular complexity index is 859. The summed E-state index contributed by atoms with van der Waals surface area (Å²) in [6.45, 7) is 0.666. The zero-order chi connectivity index (χ0) is 20.6. The molecule has 4 bridgehead atoms. The molecule has 4 aliphatic rings. The van der Waals surface area contributed by atoms with Crippen LogP contribution in [0.4, 0.5) is 0 Å². The molecule has 0 unspecified atom stereocenters. The summed E-state index contributed by atoms with van der Waals surface area (Å²) in [6.07, 6.45) is 10.5. The molecule has 160 valence electrons. The van der Waals surface area contributed by atoms with Gasteiger partial charge in [0, 0.05) is 20.0 Å². The van der Waals surface area contributed by atoms with E-state index in [4.69, 9.17) is 0 Å². The number of carbonyl (C=O) groups is 1. The lowest BCUT2D eigenvalue weighted by Gasteiger charge is -2.56. The van der Waals surface area contributed by atoms with Gasteiger partial charge < -0.3 is 9.88 Å². The lowest BCUT2D eigenvalue weighted by atomic mass is 9.49. The van der Waals surface area contributed by atoms with Crippen LogP contribution in [0.3, 0.4) is 0 Å². The third-order valence-corrected chi connectivity index (χ3v) is 8.55. The fourth-order valence-electron chi connectivity index (χ4n) is 6.64. The molecule has 5 nitrogen and oxygen atoms in total. The van der Waals surface area contributed by atoms with E-state index < -0.39 is 0 Å². The van der Waals surface area contributed by atoms with E-state index in [1.165, 1.54) is 55.9 Å². The Balaban J connectivity index is 1.12. The summed E-state index contributed by atoms with van der Waals surface area (Å²) in [4.78, 5) is 12.2. The second kappa shape index (κ2) is 8.37. The zero-order valence-corrected chi connectivity index (χ0v) is 18.7. The predicted molar refractivity (Wildman–Crippen MR) is 119 cm³/mol. The molecule has 0 spiro atoms. The molecule has 1 N–H and O–H groups in total. The first kappa shape index (κ1) is 20.1. The van der Waals surface area contributed by atoms with Crippen LogP contribution in [-0.4, -0.2) is 33.0 Å². The maximum atomic E-state index is 12.2. The quantitative estimate of drug-likeness (QED) is 0.650. The number of nitrogens with one attached hydrogen (secondary N) is 1. The maximum absolute atomic E-state index is 12.2. The van der Waals surface area contributed by atoms with Gasteiger partial charge in [-0.3, -0.25) is 4.79 Å². The van der Waals surface area contributed by atoms with Crippen molar-refractivity contribution < 1.29 is 4.79 Å². The highest BCUT2D eigenvalue weighted by molar-refractivity contribution is 7.99. The fraction of sp³-hybridized carbons (Fsp3) is 0.625. The molecule has 6 heteroatoms. The molecular formula is C24H32N4OS. The summed E-state index contributed by atoms with van der Waals surface area (Å²) in [5.74, 6) is 4.41. The third kappa shape index (κ3) is 4.29. The summed E-state index contributed by atoms with van der Waals surface area (Å²) in [5, 5.41) is 12.8. The Morgan fingerprint density at radius 3 is 2.43 bits per heavy atom. The molecule has 1 amide bonds. The van der Waals surface area contributed by atoms with E-state index in [1.807, 2.05) is 18.2 Å². The third-order valence-electron chi connectivity index (χ3n) is 7.53. The molecule has 1 aromatic heterocycles. The SMILES string of the molecule is Cn1c(CC23CC4CC(CC(C4)C2)C3)nnc1SCC(=O)NCCc1ccccc1. The van der Waals surface area contributed by atoms with Crippen LogP contribution in [0.15, 0.2) is 35.5 Å². The van der Waals surface area contributed by atoms with Gasteiger partial charge in [-0.15, -0.1) is 10.2 Å². The molecule has 6 rings (SSSR count). The minimum atomic E-state index is 0.0570. The summed E-state index contributed by atoms with van der Waals surface area (Å²) in [7, 11) is 2.06. The second-order valence-electron chi connectivity index (χ2n) is 9.93. The van der Waals surface area contributed by atoms with Gasteiger partial charge in [0.1, 0.15) is 5.82 Å². The Morgan fingerprint density at radius 2 is 1.77 bits per heavy atom. The van der Waals surface area contributed by atoms with Crippen molar-refractivity contribution in [2.75, 3.05) is 12.3 Å². The van der Waals surface area contributed by atoms with Gasteiger partial charge in [-0.25, -0.2) is 0 Å². The highest BCUT2D eigenvalue weighted by atomic mass is 32.2. The molecule has 0 saturated heterocycles. The van der Waals surface area contributed by atoms with Gasteiger partial charge in [0.25, 0.3) is 0 Å². The number of rotatable bonds is 8. The molecular weight excluding hydrogens is 392 g/mol. The molecule has 0 atom stereocenters. The Hall–Kier alpha value is -1.82. The van der Waals surface area contributed by atoms with E-state index in [-0.39, 0.29) is 5.91 Å². The molecule has 0 aliphatic heterocycles. The number of nitrogens with zero attached hydrogens (tertiary/aromatic N) is 3. The van der Waals surface area contributed by atoms with Crippen molar-refractivity contribution >= 4 is 17.7 Å². The van der Waals surface area contributed by atoms with Crippen LogP contribution >= 0.6 is 11.8 Å². The first-order valence-electron chi connectivity index (χ1n) is 11.4. The van der Waals surface area contributed by atoms with E-state index in [0.29, 0.717) is 17.7 Å². The van der Waals surface area contributed by atoms with Crippen molar-refractivity contribution in [3.63, 3.8) is 0 Å². The number of benzene rings is 1. The lowest BCUT2D eigenvalue weighted by Crippen LogP contribution is -2.47. The van der Waals surface area contributed by atoms with Crippen LogP contribution < -0.4 is 5.32 Å². The Labute approximate surface area is 183 Å².